The van der Waals surface area contributed by atoms with Gasteiger partial charge in [-0.25, -0.2) is 0 Å². The van der Waals surface area contributed by atoms with Crippen LogP contribution in [0.5, 0.6) is 5.75 Å². The Bertz CT molecular complexity index is 962. The SMILES string of the molecule is COc1ccc([C@]23C=C[C@@]4(CCCC[C@]24C)[C@@H]2[C@H]3C(=O)C=C[C@@]23CC=CO3)cc1. The molecule has 0 unspecified atom stereocenters. The summed E-state index contributed by atoms with van der Waals surface area (Å²) in [5.41, 5.74) is 0.602. The molecule has 1 aromatic rings. The van der Waals surface area contributed by atoms with E-state index in [9.17, 15) is 4.79 Å². The molecule has 0 radical (unpaired) electrons. The van der Waals surface area contributed by atoms with E-state index < -0.39 is 0 Å². The van der Waals surface area contributed by atoms with Gasteiger partial charge in [-0.2, -0.15) is 0 Å². The maximum absolute atomic E-state index is 13.6. The molecule has 0 N–H and O–H groups in total. The van der Waals surface area contributed by atoms with Crippen LogP contribution in [0.15, 0.2) is 60.9 Å². The highest BCUT2D eigenvalue weighted by Crippen LogP contribution is 2.80. The number of hydrogen-bond acceptors (Lipinski definition) is 3. The molecule has 1 heterocycles. The van der Waals surface area contributed by atoms with E-state index >= 15 is 0 Å². The second-order valence-electron chi connectivity index (χ2n) is 9.85. The molecule has 0 amide bonds. The summed E-state index contributed by atoms with van der Waals surface area (Å²) in [5.74, 6) is 1.23. The molecule has 2 fully saturated rings. The summed E-state index contributed by atoms with van der Waals surface area (Å²) < 4.78 is 11.7. The minimum atomic E-state index is -0.379. The van der Waals surface area contributed by atoms with Gasteiger partial charge < -0.3 is 9.47 Å². The molecule has 3 heteroatoms. The van der Waals surface area contributed by atoms with Gasteiger partial charge in [0.05, 0.1) is 13.4 Å². The third-order valence-electron chi connectivity index (χ3n) is 9.23. The van der Waals surface area contributed by atoms with Crippen molar-refractivity contribution < 1.29 is 14.3 Å². The van der Waals surface area contributed by atoms with Crippen LogP contribution in [0.4, 0.5) is 0 Å². The fraction of sp³-hybridized carbons (Fsp3) is 0.500. The number of ketones is 1. The quantitative estimate of drug-likeness (QED) is 0.659. The zero-order chi connectivity index (χ0) is 19.9. The van der Waals surface area contributed by atoms with Gasteiger partial charge in [0, 0.05) is 29.1 Å². The first-order chi connectivity index (χ1) is 14.0. The Kier molecular flexibility index (Phi) is 3.29. The van der Waals surface area contributed by atoms with E-state index in [1.54, 1.807) is 7.11 Å². The summed E-state index contributed by atoms with van der Waals surface area (Å²) in [6, 6.07) is 8.47. The van der Waals surface area contributed by atoms with Gasteiger partial charge in [0.2, 0.25) is 0 Å². The molecule has 29 heavy (non-hydrogen) atoms. The molecule has 1 aliphatic heterocycles. The number of carbonyl (C=O) groups is 1. The maximum Gasteiger partial charge on any atom is 0.160 e. The van der Waals surface area contributed by atoms with Crippen molar-refractivity contribution in [3.63, 3.8) is 0 Å². The van der Waals surface area contributed by atoms with Crippen LogP contribution in [0.1, 0.15) is 44.6 Å². The van der Waals surface area contributed by atoms with Crippen molar-refractivity contribution >= 4 is 5.78 Å². The van der Waals surface area contributed by atoms with E-state index in [0.717, 1.165) is 25.0 Å². The lowest BCUT2D eigenvalue weighted by Crippen LogP contribution is -2.53. The van der Waals surface area contributed by atoms with E-state index in [2.05, 4.69) is 43.4 Å². The zero-order valence-electron chi connectivity index (χ0n) is 17.2. The van der Waals surface area contributed by atoms with Gasteiger partial charge in [0.25, 0.3) is 0 Å². The van der Waals surface area contributed by atoms with E-state index in [1.165, 1.54) is 18.4 Å². The first kappa shape index (κ1) is 17.6. The van der Waals surface area contributed by atoms with Crippen molar-refractivity contribution in [3.8, 4) is 5.75 Å². The van der Waals surface area contributed by atoms with Gasteiger partial charge in [0.1, 0.15) is 11.4 Å². The Labute approximate surface area is 172 Å². The van der Waals surface area contributed by atoms with E-state index in [-0.39, 0.29) is 39.5 Å². The van der Waals surface area contributed by atoms with Crippen LogP contribution in [0.25, 0.3) is 0 Å². The van der Waals surface area contributed by atoms with Crippen molar-refractivity contribution in [2.45, 2.75) is 50.0 Å². The molecule has 0 aromatic heterocycles. The van der Waals surface area contributed by atoms with Crippen molar-refractivity contribution in [2.75, 3.05) is 7.11 Å². The monoisotopic (exact) mass is 388 g/mol. The summed E-state index contributed by atoms with van der Waals surface area (Å²) in [6.07, 6.45) is 18.4. The first-order valence-corrected chi connectivity index (χ1v) is 10.9. The molecule has 5 aliphatic rings. The van der Waals surface area contributed by atoms with E-state index in [4.69, 9.17) is 9.47 Å². The highest BCUT2D eigenvalue weighted by atomic mass is 16.5. The summed E-state index contributed by atoms with van der Waals surface area (Å²) in [7, 11) is 1.70. The van der Waals surface area contributed by atoms with Crippen molar-refractivity contribution in [2.24, 2.45) is 22.7 Å². The smallest absolute Gasteiger partial charge is 0.160 e. The van der Waals surface area contributed by atoms with Crippen LogP contribution in [0.2, 0.25) is 0 Å². The van der Waals surface area contributed by atoms with Crippen LogP contribution in [0.3, 0.4) is 0 Å². The highest BCUT2D eigenvalue weighted by molar-refractivity contribution is 5.96. The van der Waals surface area contributed by atoms with Gasteiger partial charge in [-0.05, 0) is 54.2 Å². The maximum atomic E-state index is 13.6. The Balaban J connectivity index is 1.63. The van der Waals surface area contributed by atoms with Crippen molar-refractivity contribution in [1.82, 2.24) is 0 Å². The summed E-state index contributed by atoms with van der Waals surface area (Å²) in [4.78, 5) is 13.6. The number of rotatable bonds is 2. The van der Waals surface area contributed by atoms with Gasteiger partial charge in [0.15, 0.2) is 5.78 Å². The number of ether oxygens (including phenoxy) is 2. The van der Waals surface area contributed by atoms with Crippen LogP contribution < -0.4 is 4.74 Å². The Morgan fingerprint density at radius 2 is 1.86 bits per heavy atom. The molecule has 4 aliphatic carbocycles. The third kappa shape index (κ3) is 1.76. The van der Waals surface area contributed by atoms with E-state index in [0.29, 0.717) is 0 Å². The number of benzene rings is 1. The number of carbonyl (C=O) groups excluding carboxylic acids is 1. The lowest BCUT2D eigenvalue weighted by Gasteiger charge is -2.52. The average molecular weight is 389 g/mol. The third-order valence-corrected chi connectivity index (χ3v) is 9.23. The Morgan fingerprint density at radius 3 is 2.59 bits per heavy atom. The van der Waals surface area contributed by atoms with Crippen LogP contribution in [0, 0.1) is 22.7 Å². The minimum Gasteiger partial charge on any atom is -0.497 e. The molecule has 150 valence electrons. The predicted octanol–water partition coefficient (Wildman–Crippen LogP) is 5.13. The molecular formula is C26H28O3. The molecule has 6 rings (SSSR count). The Hall–Kier alpha value is -2.29. The lowest BCUT2D eigenvalue weighted by atomic mass is 9.52. The standard InChI is InChI=1S/C26H28O3/c1-23-11-3-4-12-24(23)15-16-26(23,18-6-8-19(28-2)9-7-18)21-20(27)10-14-25(22(21)24)13-5-17-29-25/h5-10,14-17,21-22H,3-4,11-13H2,1-2H3/t21-,22+,23+,24+,25+,26+/m1/s1. The van der Waals surface area contributed by atoms with Crippen LogP contribution in [-0.4, -0.2) is 18.5 Å². The van der Waals surface area contributed by atoms with Gasteiger partial charge in [-0.15, -0.1) is 0 Å². The lowest BCUT2D eigenvalue weighted by molar-refractivity contribution is -0.128. The summed E-state index contributed by atoms with van der Waals surface area (Å²) in [5, 5.41) is 0. The number of fused-ring (bicyclic) bond motifs is 3. The van der Waals surface area contributed by atoms with Crippen LogP contribution >= 0.6 is 0 Å². The molecule has 3 nitrogen and oxygen atoms in total. The zero-order valence-corrected chi connectivity index (χ0v) is 17.2. The Morgan fingerprint density at radius 1 is 1.07 bits per heavy atom. The van der Waals surface area contributed by atoms with Gasteiger partial charge in [-0.1, -0.05) is 44.1 Å². The van der Waals surface area contributed by atoms with Crippen molar-refractivity contribution in [3.05, 3.63) is 66.5 Å². The predicted molar refractivity (Wildman–Crippen MR) is 112 cm³/mol. The first-order valence-electron chi connectivity index (χ1n) is 10.9. The molecule has 1 aromatic carbocycles. The topological polar surface area (TPSA) is 35.5 Å². The summed E-state index contributed by atoms with van der Waals surface area (Å²) >= 11 is 0. The normalized spacial score (nSPS) is 46.1. The number of allylic oxidation sites excluding steroid dienone is 3. The highest BCUT2D eigenvalue weighted by Gasteiger charge is 2.80. The molecule has 2 bridgehead atoms. The molecular weight excluding hydrogens is 360 g/mol. The average Bonchev–Trinajstić information content (AvgIpc) is 3.38. The van der Waals surface area contributed by atoms with Gasteiger partial charge >= 0.3 is 0 Å². The van der Waals surface area contributed by atoms with E-state index in [1.807, 2.05) is 24.5 Å². The van der Waals surface area contributed by atoms with Gasteiger partial charge in [-0.3, -0.25) is 4.79 Å². The minimum absolute atomic E-state index is 0.00227. The molecule has 6 atom stereocenters. The molecule has 0 saturated heterocycles. The van der Waals surface area contributed by atoms with Crippen LogP contribution in [-0.2, 0) is 14.9 Å². The second kappa shape index (κ2) is 5.44. The number of methoxy groups -OCH3 is 1. The fourth-order valence-corrected chi connectivity index (χ4v) is 8.10. The molecule has 1 spiro atoms. The number of hydrogen-bond donors (Lipinski definition) is 0. The largest absolute Gasteiger partial charge is 0.497 e. The second-order valence-corrected chi connectivity index (χ2v) is 9.85. The van der Waals surface area contributed by atoms with Crippen molar-refractivity contribution in [1.29, 1.82) is 0 Å². The fourth-order valence-electron chi connectivity index (χ4n) is 8.10. The molecule has 2 saturated carbocycles. The summed E-state index contributed by atoms with van der Waals surface area (Å²) in [6.45, 7) is 2.46.